The summed E-state index contributed by atoms with van der Waals surface area (Å²) in [6.45, 7) is 12.0. The van der Waals surface area contributed by atoms with Crippen LogP contribution in [0.3, 0.4) is 0 Å². The standard InChI is InChI=1S/C40H55N3O10/c1-25(10-17-36-26(2)20-35(29(5)52-36)41-37(45)18-11-27(3)51-30(6)44)9-14-33-22-40(24-50-40)23-34(53-33)21-38(46)43-42-28(4)31-12-15-32(16-13-31)49-19-7-8-39(47)48/h9-16,18,26-27,29,33-36H,7-8,17,19-24H2,1-6H3,(H,41,45)(H,43,46)(H,47,48)/b14-9+,18-11-,25-10+,42-28?/t26-,27-,29+,33+,34+,35+,36-,40+/m0/s1. The zero-order chi connectivity index (χ0) is 38.5. The smallest absolute Gasteiger partial charge is 0.303 e. The molecule has 0 radical (unpaired) electrons. The fourth-order valence-electron chi connectivity index (χ4n) is 6.55. The lowest BCUT2D eigenvalue weighted by atomic mass is 9.88. The van der Waals surface area contributed by atoms with Crippen molar-refractivity contribution in [3.8, 4) is 5.75 Å². The number of aliphatic carboxylic acids is 1. The van der Waals surface area contributed by atoms with Gasteiger partial charge < -0.3 is 34.1 Å². The minimum atomic E-state index is -0.849. The van der Waals surface area contributed by atoms with Gasteiger partial charge in [-0.2, -0.15) is 5.10 Å². The number of hydrazone groups is 1. The first-order valence-corrected chi connectivity index (χ1v) is 18.4. The lowest BCUT2D eigenvalue weighted by Crippen LogP contribution is -2.50. The zero-order valence-corrected chi connectivity index (χ0v) is 31.7. The second-order valence-corrected chi connectivity index (χ2v) is 14.4. The molecule has 0 unspecified atom stereocenters. The number of hydrogen-bond acceptors (Lipinski definition) is 10. The number of benzene rings is 1. The molecular formula is C40H55N3O10. The van der Waals surface area contributed by atoms with Gasteiger partial charge >= 0.3 is 11.9 Å². The summed E-state index contributed by atoms with van der Waals surface area (Å²) in [5.41, 5.74) is 4.93. The van der Waals surface area contributed by atoms with Crippen LogP contribution in [0.5, 0.6) is 5.75 Å². The molecule has 53 heavy (non-hydrogen) atoms. The van der Waals surface area contributed by atoms with Crippen molar-refractivity contribution in [2.75, 3.05) is 13.2 Å². The topological polar surface area (TPSA) is 174 Å². The average Bonchev–Trinajstić information content (AvgIpc) is 3.84. The number of allylic oxidation sites excluding steroid dienone is 2. The molecule has 3 aliphatic heterocycles. The maximum Gasteiger partial charge on any atom is 0.303 e. The number of carboxylic acid groups (broad SMARTS) is 1. The van der Waals surface area contributed by atoms with Gasteiger partial charge in [0.05, 0.1) is 61.4 Å². The molecule has 1 aromatic carbocycles. The van der Waals surface area contributed by atoms with Gasteiger partial charge in [-0.1, -0.05) is 30.7 Å². The number of nitrogens with zero attached hydrogens (tertiary/aromatic N) is 1. The average molecular weight is 738 g/mol. The summed E-state index contributed by atoms with van der Waals surface area (Å²) in [5, 5.41) is 16.0. The van der Waals surface area contributed by atoms with Gasteiger partial charge in [-0.3, -0.25) is 19.2 Å². The molecule has 0 saturated carbocycles. The number of nitrogens with one attached hydrogen (secondary N) is 2. The number of esters is 1. The summed E-state index contributed by atoms with van der Waals surface area (Å²) >= 11 is 0. The van der Waals surface area contributed by atoms with E-state index in [0.717, 1.165) is 30.4 Å². The van der Waals surface area contributed by atoms with Gasteiger partial charge in [0.2, 0.25) is 11.8 Å². The number of carboxylic acids is 1. The third-order valence-corrected chi connectivity index (χ3v) is 9.59. The van der Waals surface area contributed by atoms with Crippen molar-refractivity contribution in [2.45, 2.75) is 129 Å². The van der Waals surface area contributed by atoms with E-state index in [0.29, 0.717) is 37.5 Å². The van der Waals surface area contributed by atoms with E-state index < -0.39 is 18.0 Å². The molecule has 3 saturated heterocycles. The Balaban J connectivity index is 1.21. The van der Waals surface area contributed by atoms with Crippen molar-refractivity contribution in [3.05, 3.63) is 65.8 Å². The van der Waals surface area contributed by atoms with E-state index in [1.54, 1.807) is 32.1 Å². The van der Waals surface area contributed by atoms with E-state index in [4.69, 9.17) is 28.8 Å². The van der Waals surface area contributed by atoms with Gasteiger partial charge in [0.1, 0.15) is 11.9 Å². The molecule has 4 rings (SSSR count). The summed E-state index contributed by atoms with van der Waals surface area (Å²) in [4.78, 5) is 47.1. The molecule has 1 aromatic rings. The fraction of sp³-hybridized carbons (Fsp3) is 0.575. The number of carbonyl (C=O) groups excluding carboxylic acids is 3. The predicted molar refractivity (Wildman–Crippen MR) is 198 cm³/mol. The van der Waals surface area contributed by atoms with Crippen LogP contribution in [0, 0.1) is 5.92 Å². The molecule has 0 aliphatic carbocycles. The number of ether oxygens (including phenoxy) is 5. The third kappa shape index (κ3) is 14.2. The van der Waals surface area contributed by atoms with Gasteiger partial charge in [-0.15, -0.1) is 0 Å². The first-order valence-electron chi connectivity index (χ1n) is 18.4. The first-order chi connectivity index (χ1) is 25.2. The molecule has 13 heteroatoms. The minimum Gasteiger partial charge on any atom is -0.494 e. The van der Waals surface area contributed by atoms with Crippen LogP contribution >= 0.6 is 0 Å². The van der Waals surface area contributed by atoms with E-state index in [1.165, 1.54) is 13.0 Å². The van der Waals surface area contributed by atoms with Crippen LogP contribution in [-0.2, 0) is 38.1 Å². The highest BCUT2D eigenvalue weighted by Gasteiger charge is 2.51. The molecule has 2 amide bonds. The van der Waals surface area contributed by atoms with Gasteiger partial charge in [-0.05, 0) is 88.8 Å². The van der Waals surface area contributed by atoms with E-state index in [-0.39, 0.29) is 66.6 Å². The number of rotatable bonds is 17. The summed E-state index contributed by atoms with van der Waals surface area (Å²) in [6.07, 6.45) is 11.6. The monoisotopic (exact) mass is 737 g/mol. The highest BCUT2D eigenvalue weighted by molar-refractivity contribution is 5.99. The maximum absolute atomic E-state index is 12.9. The lowest BCUT2D eigenvalue weighted by molar-refractivity contribution is -0.143. The summed E-state index contributed by atoms with van der Waals surface area (Å²) in [6, 6.07) is 7.12. The van der Waals surface area contributed by atoms with Crippen molar-refractivity contribution in [3.63, 3.8) is 0 Å². The number of carbonyl (C=O) groups is 4. The van der Waals surface area contributed by atoms with Crippen LogP contribution in [0.1, 0.15) is 92.1 Å². The predicted octanol–water partition coefficient (Wildman–Crippen LogP) is 5.18. The summed E-state index contributed by atoms with van der Waals surface area (Å²) in [7, 11) is 0. The molecule has 3 fully saturated rings. The Labute approximate surface area is 312 Å². The Bertz CT molecular complexity index is 1550. The van der Waals surface area contributed by atoms with E-state index >= 15 is 0 Å². The van der Waals surface area contributed by atoms with E-state index in [1.807, 2.05) is 38.1 Å². The molecule has 1 spiro atoms. The van der Waals surface area contributed by atoms with Crippen LogP contribution in [0.25, 0.3) is 0 Å². The van der Waals surface area contributed by atoms with Crippen LogP contribution in [-0.4, -0.2) is 89.9 Å². The molecule has 0 aromatic heterocycles. The zero-order valence-electron chi connectivity index (χ0n) is 31.7. The molecule has 3 heterocycles. The molecule has 8 atom stereocenters. The molecule has 3 N–H and O–H groups in total. The number of epoxide rings is 1. The summed E-state index contributed by atoms with van der Waals surface area (Å²) in [5.74, 6) is -0.874. The van der Waals surface area contributed by atoms with Crippen molar-refractivity contribution in [1.82, 2.24) is 10.7 Å². The van der Waals surface area contributed by atoms with Crippen LogP contribution in [0.4, 0.5) is 0 Å². The van der Waals surface area contributed by atoms with Gasteiger partial charge in [0, 0.05) is 32.3 Å². The lowest BCUT2D eigenvalue weighted by Gasteiger charge is -2.39. The third-order valence-electron chi connectivity index (χ3n) is 9.59. The minimum absolute atomic E-state index is 0.0134. The highest BCUT2D eigenvalue weighted by Crippen LogP contribution is 2.43. The molecule has 290 valence electrons. The van der Waals surface area contributed by atoms with Gasteiger partial charge in [0.15, 0.2) is 0 Å². The fourth-order valence-corrected chi connectivity index (χ4v) is 6.55. The van der Waals surface area contributed by atoms with Crippen LogP contribution < -0.4 is 15.5 Å². The van der Waals surface area contributed by atoms with Crippen LogP contribution in [0.15, 0.2) is 65.3 Å². The molecule has 0 bridgehead atoms. The maximum atomic E-state index is 12.9. The second kappa shape index (κ2) is 19.7. The Morgan fingerprint density at radius 2 is 1.81 bits per heavy atom. The van der Waals surface area contributed by atoms with E-state index in [2.05, 4.69) is 28.8 Å². The Kier molecular flexibility index (Phi) is 15.4. The Morgan fingerprint density at radius 1 is 1.08 bits per heavy atom. The van der Waals surface area contributed by atoms with Crippen molar-refractivity contribution in [1.29, 1.82) is 0 Å². The SMILES string of the molecule is CC(=O)O[C@@H](C)/C=C\C(=O)N[C@@H]1C[C@H](C)[C@H](C/C=C(C)/C=C/[C@@H]2C[C@]3(CO3)C[C@@H](CC(=O)NN=C(C)c3ccc(OCCCC(=O)O)cc3)O2)O[C@@H]1C. The normalized spacial score (nSPS) is 28.1. The Hall–Kier alpha value is -4.33. The molecule has 13 nitrogen and oxygen atoms in total. The largest absolute Gasteiger partial charge is 0.494 e. The highest BCUT2D eigenvalue weighted by atomic mass is 16.6. The van der Waals surface area contributed by atoms with Crippen molar-refractivity contribution >= 4 is 29.5 Å². The van der Waals surface area contributed by atoms with Crippen molar-refractivity contribution < 1.29 is 48.0 Å². The van der Waals surface area contributed by atoms with Crippen molar-refractivity contribution in [2.24, 2.45) is 11.0 Å². The Morgan fingerprint density at radius 3 is 2.49 bits per heavy atom. The number of hydrogen-bond donors (Lipinski definition) is 3. The number of amides is 2. The van der Waals surface area contributed by atoms with Crippen LogP contribution in [0.2, 0.25) is 0 Å². The molecular weight excluding hydrogens is 682 g/mol. The molecule has 3 aliphatic rings. The quantitative estimate of drug-likeness (QED) is 0.0368. The van der Waals surface area contributed by atoms with E-state index in [9.17, 15) is 19.2 Å². The summed E-state index contributed by atoms with van der Waals surface area (Å²) < 4.78 is 29.1. The van der Waals surface area contributed by atoms with Gasteiger partial charge in [0.25, 0.3) is 0 Å². The van der Waals surface area contributed by atoms with Gasteiger partial charge in [-0.25, -0.2) is 5.43 Å². The second-order valence-electron chi connectivity index (χ2n) is 14.4. The first kappa shape index (κ1) is 41.4.